The number of nitrogens with one attached hydrogen (secondary N) is 1. The third-order valence-electron chi connectivity index (χ3n) is 3.93. The lowest BCUT2D eigenvalue weighted by atomic mass is 9.92. The molecule has 0 unspecified atom stereocenters. The molecule has 0 aliphatic heterocycles. The first-order valence-electron chi connectivity index (χ1n) is 7.22. The van der Waals surface area contributed by atoms with Crippen LogP contribution in [0.15, 0.2) is 30.3 Å². The van der Waals surface area contributed by atoms with Gasteiger partial charge in [-0.1, -0.05) is 30.3 Å². The van der Waals surface area contributed by atoms with Crippen LogP contribution in [0.2, 0.25) is 0 Å². The van der Waals surface area contributed by atoms with Crippen LogP contribution in [0.4, 0.5) is 0 Å². The molecule has 2 nitrogen and oxygen atoms in total. The van der Waals surface area contributed by atoms with Gasteiger partial charge in [-0.3, -0.25) is 0 Å². The third kappa shape index (κ3) is 4.43. The van der Waals surface area contributed by atoms with Crippen molar-refractivity contribution < 1.29 is 5.11 Å². The standard InChI is InChI=1S/C16H25NO/c1-13(7-8-14-5-3-2-4-6-14)17-15-9-11-16(18)12-10-15/h2-6,13,15-18H,7-12H2,1H3/t13-,15?,16?/m0/s1. The number of aliphatic hydroxyl groups excluding tert-OH is 1. The van der Waals surface area contributed by atoms with Crippen molar-refractivity contribution in [3.8, 4) is 0 Å². The number of hydrogen-bond acceptors (Lipinski definition) is 2. The Morgan fingerprint density at radius 1 is 1.17 bits per heavy atom. The predicted octanol–water partition coefficient (Wildman–Crippen LogP) is 2.90. The minimum atomic E-state index is -0.0531. The largest absolute Gasteiger partial charge is 0.393 e. The monoisotopic (exact) mass is 247 g/mol. The fourth-order valence-corrected chi connectivity index (χ4v) is 2.76. The zero-order chi connectivity index (χ0) is 12.8. The number of hydrogen-bond donors (Lipinski definition) is 2. The molecule has 18 heavy (non-hydrogen) atoms. The van der Waals surface area contributed by atoms with Gasteiger partial charge in [0.25, 0.3) is 0 Å². The molecular weight excluding hydrogens is 222 g/mol. The number of rotatable bonds is 5. The molecule has 2 N–H and O–H groups in total. The van der Waals surface area contributed by atoms with Crippen LogP contribution < -0.4 is 5.32 Å². The van der Waals surface area contributed by atoms with E-state index in [0.29, 0.717) is 12.1 Å². The zero-order valence-electron chi connectivity index (χ0n) is 11.3. The van der Waals surface area contributed by atoms with Gasteiger partial charge in [-0.25, -0.2) is 0 Å². The first-order valence-corrected chi connectivity index (χ1v) is 7.22. The summed E-state index contributed by atoms with van der Waals surface area (Å²) in [5.41, 5.74) is 1.42. The lowest BCUT2D eigenvalue weighted by molar-refractivity contribution is 0.114. The minimum Gasteiger partial charge on any atom is -0.393 e. The summed E-state index contributed by atoms with van der Waals surface area (Å²) in [6, 6.07) is 11.8. The lowest BCUT2D eigenvalue weighted by Crippen LogP contribution is -2.40. The fraction of sp³-hybridized carbons (Fsp3) is 0.625. The maximum atomic E-state index is 9.49. The molecule has 0 aromatic heterocycles. The summed E-state index contributed by atoms with van der Waals surface area (Å²) in [6.07, 6.45) is 6.44. The predicted molar refractivity (Wildman–Crippen MR) is 75.6 cm³/mol. The molecule has 1 atom stereocenters. The SMILES string of the molecule is C[C@@H](CCc1ccccc1)NC1CCC(O)CC1. The molecule has 0 saturated heterocycles. The van der Waals surface area contributed by atoms with E-state index in [2.05, 4.69) is 42.6 Å². The van der Waals surface area contributed by atoms with Crippen LogP contribution in [-0.2, 0) is 6.42 Å². The van der Waals surface area contributed by atoms with Gasteiger partial charge < -0.3 is 10.4 Å². The van der Waals surface area contributed by atoms with Crippen LogP contribution in [0.3, 0.4) is 0 Å². The molecule has 0 spiro atoms. The van der Waals surface area contributed by atoms with Crippen molar-refractivity contribution in [1.29, 1.82) is 0 Å². The summed E-state index contributed by atoms with van der Waals surface area (Å²) in [5.74, 6) is 0. The molecule has 1 aromatic carbocycles. The molecule has 2 heteroatoms. The Morgan fingerprint density at radius 3 is 2.50 bits per heavy atom. The van der Waals surface area contributed by atoms with Gasteiger partial charge in [0.1, 0.15) is 0 Å². The Kier molecular flexibility index (Phi) is 5.21. The summed E-state index contributed by atoms with van der Waals surface area (Å²) in [5, 5.41) is 13.2. The van der Waals surface area contributed by atoms with E-state index >= 15 is 0 Å². The van der Waals surface area contributed by atoms with Crippen molar-refractivity contribution in [2.24, 2.45) is 0 Å². The van der Waals surface area contributed by atoms with E-state index in [9.17, 15) is 5.11 Å². The molecule has 100 valence electrons. The van der Waals surface area contributed by atoms with Crippen molar-refractivity contribution in [1.82, 2.24) is 5.32 Å². The maximum Gasteiger partial charge on any atom is 0.0541 e. The van der Waals surface area contributed by atoms with Gasteiger partial charge in [-0.2, -0.15) is 0 Å². The highest BCUT2D eigenvalue weighted by Gasteiger charge is 2.20. The summed E-state index contributed by atoms with van der Waals surface area (Å²) < 4.78 is 0. The van der Waals surface area contributed by atoms with E-state index < -0.39 is 0 Å². The zero-order valence-corrected chi connectivity index (χ0v) is 11.3. The molecule has 1 aromatic rings. The van der Waals surface area contributed by atoms with Crippen molar-refractivity contribution in [3.05, 3.63) is 35.9 Å². The van der Waals surface area contributed by atoms with Gasteiger partial charge in [-0.05, 0) is 51.0 Å². The number of aliphatic hydroxyl groups is 1. The highest BCUT2D eigenvalue weighted by atomic mass is 16.3. The molecule has 0 amide bonds. The van der Waals surface area contributed by atoms with E-state index in [-0.39, 0.29) is 6.10 Å². The van der Waals surface area contributed by atoms with Crippen molar-refractivity contribution in [2.75, 3.05) is 0 Å². The quantitative estimate of drug-likeness (QED) is 0.838. The molecule has 1 aliphatic rings. The van der Waals surface area contributed by atoms with Crippen molar-refractivity contribution in [2.45, 2.75) is 63.6 Å². The smallest absolute Gasteiger partial charge is 0.0541 e. The first-order chi connectivity index (χ1) is 8.74. The van der Waals surface area contributed by atoms with Gasteiger partial charge in [0.05, 0.1) is 6.10 Å². The Hall–Kier alpha value is -0.860. The van der Waals surface area contributed by atoms with Gasteiger partial charge >= 0.3 is 0 Å². The summed E-state index contributed by atoms with van der Waals surface area (Å²) >= 11 is 0. The van der Waals surface area contributed by atoms with Gasteiger partial charge in [0.15, 0.2) is 0 Å². The summed E-state index contributed by atoms with van der Waals surface area (Å²) in [7, 11) is 0. The van der Waals surface area contributed by atoms with Crippen LogP contribution in [0.5, 0.6) is 0 Å². The molecule has 1 fully saturated rings. The van der Waals surface area contributed by atoms with Crippen LogP contribution in [0.1, 0.15) is 44.6 Å². The second-order valence-electron chi connectivity index (χ2n) is 5.60. The van der Waals surface area contributed by atoms with Crippen molar-refractivity contribution >= 4 is 0 Å². The van der Waals surface area contributed by atoms with Gasteiger partial charge in [0, 0.05) is 12.1 Å². The average molecular weight is 247 g/mol. The molecule has 1 saturated carbocycles. The molecular formula is C16H25NO. The molecule has 2 rings (SSSR count). The Bertz CT molecular complexity index is 330. The van der Waals surface area contributed by atoms with Crippen LogP contribution >= 0.6 is 0 Å². The minimum absolute atomic E-state index is 0.0531. The number of benzene rings is 1. The average Bonchev–Trinajstić information content (AvgIpc) is 2.40. The highest BCUT2D eigenvalue weighted by Crippen LogP contribution is 2.19. The van der Waals surface area contributed by atoms with E-state index in [1.165, 1.54) is 12.0 Å². The van der Waals surface area contributed by atoms with E-state index in [1.54, 1.807) is 0 Å². The van der Waals surface area contributed by atoms with E-state index in [4.69, 9.17) is 0 Å². The van der Waals surface area contributed by atoms with Crippen molar-refractivity contribution in [3.63, 3.8) is 0 Å². The molecule has 1 aliphatic carbocycles. The molecule has 0 radical (unpaired) electrons. The number of aryl methyl sites for hydroxylation is 1. The third-order valence-corrected chi connectivity index (χ3v) is 3.93. The summed E-state index contributed by atoms with van der Waals surface area (Å²) in [4.78, 5) is 0. The lowest BCUT2D eigenvalue weighted by Gasteiger charge is -2.29. The van der Waals surface area contributed by atoms with Crippen LogP contribution in [0.25, 0.3) is 0 Å². The van der Waals surface area contributed by atoms with Gasteiger partial charge in [0.2, 0.25) is 0 Å². The second-order valence-corrected chi connectivity index (χ2v) is 5.60. The summed E-state index contributed by atoms with van der Waals surface area (Å²) in [6.45, 7) is 2.27. The van der Waals surface area contributed by atoms with Crippen LogP contribution in [0, 0.1) is 0 Å². The topological polar surface area (TPSA) is 32.3 Å². The molecule has 0 heterocycles. The Labute approximate surface area is 110 Å². The van der Waals surface area contributed by atoms with Gasteiger partial charge in [-0.15, -0.1) is 0 Å². The van der Waals surface area contributed by atoms with Crippen LogP contribution in [-0.4, -0.2) is 23.3 Å². The normalized spacial score (nSPS) is 25.9. The Balaban J connectivity index is 1.67. The highest BCUT2D eigenvalue weighted by molar-refractivity contribution is 5.14. The second kappa shape index (κ2) is 6.91. The molecule has 0 bridgehead atoms. The fourth-order valence-electron chi connectivity index (χ4n) is 2.76. The van der Waals surface area contributed by atoms with E-state index in [0.717, 1.165) is 32.1 Å². The maximum absolute atomic E-state index is 9.49. The van der Waals surface area contributed by atoms with E-state index in [1.807, 2.05) is 0 Å². The Morgan fingerprint density at radius 2 is 1.83 bits per heavy atom. The first kappa shape index (κ1) is 13.6.